The maximum absolute atomic E-state index is 5.38. The van der Waals surface area contributed by atoms with Gasteiger partial charge in [0.25, 0.3) is 7.55 Å². The van der Waals surface area contributed by atoms with Gasteiger partial charge in [-0.05, 0) is 0 Å². The van der Waals surface area contributed by atoms with Gasteiger partial charge in [0.1, 0.15) is 0 Å². The first-order chi connectivity index (χ1) is 3.79. The summed E-state index contributed by atoms with van der Waals surface area (Å²) in [6.07, 6.45) is 0. The van der Waals surface area contributed by atoms with Gasteiger partial charge in [-0.2, -0.15) is 0 Å². The molecule has 7 N–H and O–H groups in total. The minimum Gasteiger partial charge on any atom is -0.360 e. The Morgan fingerprint density at radius 2 is 1.62 bits per heavy atom. The van der Waals surface area contributed by atoms with Gasteiger partial charge in [-0.1, -0.05) is 0 Å². The fourth-order valence-electron chi connectivity index (χ4n) is 0.590. The average Bonchev–Trinajstić information content (AvgIpc) is 1.64. The topological polar surface area (TPSA) is 88.1 Å². The molecule has 1 heterocycles. The molecule has 1 saturated heterocycles. The molecule has 0 radical (unpaired) electrons. The lowest BCUT2D eigenvalue weighted by atomic mass is 9.71. The molecule has 0 amide bonds. The lowest BCUT2D eigenvalue weighted by Gasteiger charge is -2.20. The van der Waals surface area contributed by atoms with Crippen molar-refractivity contribution in [2.24, 2.45) is 11.3 Å². The zero-order valence-electron chi connectivity index (χ0n) is 4.52. The summed E-state index contributed by atoms with van der Waals surface area (Å²) in [6.45, 7) is 0. The van der Waals surface area contributed by atoms with Crippen LogP contribution in [0.5, 0.6) is 0 Å². The molecule has 1 rings (SSSR count). The standard InChI is InChI=1S/B3H8N5/c4-2-6-1-7-3(5)8-2/h1,6-8H,4-5H2. The van der Waals surface area contributed by atoms with Gasteiger partial charge in [-0.15, -0.1) is 0 Å². The second kappa shape index (κ2) is 2.52. The summed E-state index contributed by atoms with van der Waals surface area (Å²) < 4.78 is 0. The van der Waals surface area contributed by atoms with Crippen LogP contribution in [0.15, 0.2) is 0 Å². The lowest BCUT2D eigenvalue weighted by molar-refractivity contribution is 1.16. The summed E-state index contributed by atoms with van der Waals surface area (Å²) in [5.74, 6) is 0. The number of rotatable bonds is 0. The molecular formula is H8B3N5. The van der Waals surface area contributed by atoms with Gasteiger partial charge in [0.15, 0.2) is 0 Å². The van der Waals surface area contributed by atoms with Crippen LogP contribution in [0, 0.1) is 0 Å². The van der Waals surface area contributed by atoms with Gasteiger partial charge in [0.05, 0.1) is 0 Å². The lowest BCUT2D eigenvalue weighted by Crippen LogP contribution is -2.76. The van der Waals surface area contributed by atoms with Crippen LogP contribution in [-0.2, 0) is 0 Å². The fraction of sp³-hybridized carbons (Fsp3) is 0. The van der Waals surface area contributed by atoms with E-state index >= 15 is 0 Å². The van der Waals surface area contributed by atoms with E-state index in [2.05, 4.69) is 15.4 Å². The monoisotopic (exact) mass is 111 g/mol. The maximum Gasteiger partial charge on any atom is 0.372 e. The molecule has 0 aromatic rings. The molecular weight excluding hydrogens is 102 g/mol. The normalized spacial score (nSPS) is 20.8. The highest BCUT2D eigenvalue weighted by Gasteiger charge is 2.21. The fourth-order valence-corrected chi connectivity index (χ4v) is 0.590. The van der Waals surface area contributed by atoms with Crippen molar-refractivity contribution >= 4 is 21.8 Å². The van der Waals surface area contributed by atoms with Gasteiger partial charge < -0.3 is 26.7 Å². The molecule has 0 aromatic heterocycles. The maximum atomic E-state index is 5.38. The van der Waals surface area contributed by atoms with Crippen molar-refractivity contribution in [3.8, 4) is 0 Å². The van der Waals surface area contributed by atoms with E-state index in [1.807, 2.05) is 0 Å². The van der Waals surface area contributed by atoms with Gasteiger partial charge in [-0.3, -0.25) is 0 Å². The molecule has 5 nitrogen and oxygen atoms in total. The predicted molar refractivity (Wildman–Crippen MR) is 36.4 cm³/mol. The highest BCUT2D eigenvalue weighted by Crippen LogP contribution is 1.62. The van der Waals surface area contributed by atoms with E-state index < -0.39 is 0 Å². The molecule has 0 bridgehead atoms. The van der Waals surface area contributed by atoms with Crippen LogP contribution in [0.2, 0.25) is 0 Å². The van der Waals surface area contributed by atoms with Crippen molar-refractivity contribution in [3.05, 3.63) is 0 Å². The van der Waals surface area contributed by atoms with Crippen LogP contribution in [0.1, 0.15) is 0 Å². The van der Waals surface area contributed by atoms with E-state index in [4.69, 9.17) is 11.3 Å². The molecule has 0 spiro atoms. The largest absolute Gasteiger partial charge is 0.372 e. The van der Waals surface area contributed by atoms with E-state index in [1.54, 1.807) is 0 Å². The van der Waals surface area contributed by atoms with Crippen molar-refractivity contribution in [1.29, 1.82) is 0 Å². The Labute approximate surface area is 49.5 Å². The smallest absolute Gasteiger partial charge is 0.360 e. The molecule has 0 saturated carbocycles. The first-order valence-corrected chi connectivity index (χ1v) is 2.53. The van der Waals surface area contributed by atoms with Crippen LogP contribution in [0.25, 0.3) is 0 Å². The molecule has 1 aliphatic heterocycles. The zero-order chi connectivity index (χ0) is 5.98. The van der Waals surface area contributed by atoms with E-state index in [0.29, 0.717) is 7.55 Å². The molecule has 1 aliphatic rings. The Bertz CT molecular complexity index is 66.1. The Balaban J connectivity index is 2.23. The Hall–Kier alpha value is -0.00519. The molecule has 8 heteroatoms. The molecule has 8 heavy (non-hydrogen) atoms. The number of nitrogens with one attached hydrogen (secondary N) is 3. The molecule has 42 valence electrons. The third-order valence-electron chi connectivity index (χ3n) is 1.00. The van der Waals surface area contributed by atoms with Crippen LogP contribution in [0.3, 0.4) is 0 Å². The van der Waals surface area contributed by atoms with Crippen LogP contribution >= 0.6 is 0 Å². The molecule has 0 atom stereocenters. The van der Waals surface area contributed by atoms with Gasteiger partial charge >= 0.3 is 14.2 Å². The molecule has 0 unspecified atom stereocenters. The second-order valence-electron chi connectivity index (χ2n) is 1.71. The van der Waals surface area contributed by atoms with Crippen molar-refractivity contribution in [2.75, 3.05) is 0 Å². The summed E-state index contributed by atoms with van der Waals surface area (Å²) in [6, 6.07) is 0. The first-order valence-electron chi connectivity index (χ1n) is 2.53. The summed E-state index contributed by atoms with van der Waals surface area (Å²) >= 11 is 0. The van der Waals surface area contributed by atoms with E-state index in [-0.39, 0.29) is 14.2 Å². The van der Waals surface area contributed by atoms with Crippen LogP contribution in [-0.4, -0.2) is 21.8 Å². The predicted octanol–water partition coefficient (Wildman–Crippen LogP) is -4.08. The van der Waals surface area contributed by atoms with Crippen LogP contribution in [0.4, 0.5) is 0 Å². The SMILES string of the molecule is NB1NBNB(N)N1. The van der Waals surface area contributed by atoms with E-state index in [0.717, 1.165) is 0 Å². The quantitative estimate of drug-likeness (QED) is 0.205. The summed E-state index contributed by atoms with van der Waals surface area (Å²) in [7, 11) is 0.312. The minimum atomic E-state index is -0.175. The van der Waals surface area contributed by atoms with Crippen molar-refractivity contribution in [1.82, 2.24) is 15.4 Å². The molecule has 0 aliphatic carbocycles. The molecule has 1 fully saturated rings. The summed E-state index contributed by atoms with van der Waals surface area (Å²) in [4.78, 5) is 0. The number of hydrogen-bond donors (Lipinski definition) is 5. The Morgan fingerprint density at radius 3 is 1.88 bits per heavy atom. The average molecular weight is 111 g/mol. The van der Waals surface area contributed by atoms with E-state index in [9.17, 15) is 0 Å². The second-order valence-corrected chi connectivity index (χ2v) is 1.71. The summed E-state index contributed by atoms with van der Waals surface area (Å²) in [5, 5.41) is 8.59. The Morgan fingerprint density at radius 1 is 1.12 bits per heavy atom. The van der Waals surface area contributed by atoms with Crippen LogP contribution < -0.4 is 26.7 Å². The van der Waals surface area contributed by atoms with Crippen molar-refractivity contribution < 1.29 is 0 Å². The highest BCUT2D eigenvalue weighted by molar-refractivity contribution is 6.79. The third-order valence-corrected chi connectivity index (χ3v) is 1.00. The minimum absolute atomic E-state index is 0.175. The first kappa shape index (κ1) is 6.12. The van der Waals surface area contributed by atoms with Gasteiger partial charge in [0, 0.05) is 0 Å². The zero-order valence-corrected chi connectivity index (χ0v) is 4.52. The highest BCUT2D eigenvalue weighted by atomic mass is 15.1. The number of hydrogen-bond acceptors (Lipinski definition) is 5. The molecule has 0 aromatic carbocycles. The van der Waals surface area contributed by atoms with Gasteiger partial charge in [0.2, 0.25) is 0 Å². The van der Waals surface area contributed by atoms with Crippen molar-refractivity contribution in [3.63, 3.8) is 0 Å². The summed E-state index contributed by atoms with van der Waals surface area (Å²) in [5.41, 5.74) is 10.8. The van der Waals surface area contributed by atoms with Crippen molar-refractivity contribution in [2.45, 2.75) is 0 Å². The van der Waals surface area contributed by atoms with E-state index in [1.165, 1.54) is 0 Å². The third kappa shape index (κ3) is 1.50. The van der Waals surface area contributed by atoms with Gasteiger partial charge in [-0.25, -0.2) is 0 Å². The Kier molecular flexibility index (Phi) is 1.92. The number of nitrogens with two attached hydrogens (primary N) is 2.